The highest BCUT2D eigenvalue weighted by Gasteiger charge is 2.35. The lowest BCUT2D eigenvalue weighted by atomic mass is 10.1. The molecule has 0 aliphatic heterocycles. The van der Waals surface area contributed by atoms with E-state index in [1.54, 1.807) is 12.1 Å². The number of para-hydroxylation sites is 1. The predicted molar refractivity (Wildman–Crippen MR) is 60.9 cm³/mol. The van der Waals surface area contributed by atoms with Crippen molar-refractivity contribution in [1.82, 2.24) is 4.98 Å². The van der Waals surface area contributed by atoms with Gasteiger partial charge in [-0.05, 0) is 13.0 Å². The van der Waals surface area contributed by atoms with Crippen molar-refractivity contribution in [3.63, 3.8) is 0 Å². The first kappa shape index (κ1) is 12.0. The highest BCUT2D eigenvalue weighted by Crippen LogP contribution is 2.37. The summed E-state index contributed by atoms with van der Waals surface area (Å²) in [6, 6.07) is 4.69. The lowest BCUT2D eigenvalue weighted by molar-refractivity contribution is -0.141. The molecule has 0 saturated heterocycles. The lowest BCUT2D eigenvalue weighted by Crippen LogP contribution is -2.12. The molecule has 0 fully saturated rings. The van der Waals surface area contributed by atoms with Crippen LogP contribution in [0.3, 0.4) is 0 Å². The number of rotatable bonds is 0. The van der Waals surface area contributed by atoms with E-state index in [1.165, 1.54) is 13.0 Å². The molecule has 1 aromatic carbocycles. The van der Waals surface area contributed by atoms with Gasteiger partial charge in [-0.1, -0.05) is 23.7 Å². The fourth-order valence-corrected chi connectivity index (χ4v) is 1.86. The van der Waals surface area contributed by atoms with Gasteiger partial charge in [-0.15, -0.1) is 0 Å². The van der Waals surface area contributed by atoms with Crippen LogP contribution in [0, 0.1) is 6.92 Å². The van der Waals surface area contributed by atoms with Crippen LogP contribution >= 0.6 is 11.6 Å². The van der Waals surface area contributed by atoms with Crippen LogP contribution in [0.4, 0.5) is 18.9 Å². The molecule has 0 saturated carbocycles. The number of halogens is 4. The minimum Gasteiger partial charge on any atom is -0.398 e. The number of hydrogen-bond donors (Lipinski definition) is 1. The first-order chi connectivity index (χ1) is 7.82. The molecule has 0 bridgehead atoms. The van der Waals surface area contributed by atoms with Gasteiger partial charge in [-0.25, -0.2) is 4.98 Å². The molecule has 17 heavy (non-hydrogen) atoms. The molecule has 1 heterocycles. The number of benzene rings is 1. The van der Waals surface area contributed by atoms with Crippen LogP contribution in [0.15, 0.2) is 18.2 Å². The van der Waals surface area contributed by atoms with E-state index in [2.05, 4.69) is 4.98 Å². The zero-order valence-electron chi connectivity index (χ0n) is 8.77. The molecule has 0 aliphatic carbocycles. The van der Waals surface area contributed by atoms with E-state index in [4.69, 9.17) is 17.3 Å². The summed E-state index contributed by atoms with van der Waals surface area (Å²) in [5.74, 6) is 0. The van der Waals surface area contributed by atoms with Gasteiger partial charge < -0.3 is 5.73 Å². The van der Waals surface area contributed by atoms with Crippen molar-refractivity contribution < 1.29 is 13.2 Å². The Bertz CT molecular complexity index is 593. The van der Waals surface area contributed by atoms with Crippen molar-refractivity contribution in [3.05, 3.63) is 34.5 Å². The third-order valence-corrected chi connectivity index (χ3v) is 2.83. The zero-order chi connectivity index (χ0) is 12.8. The monoisotopic (exact) mass is 260 g/mol. The van der Waals surface area contributed by atoms with E-state index in [9.17, 15) is 13.2 Å². The number of nitrogens with two attached hydrogens (primary N) is 1. The van der Waals surface area contributed by atoms with E-state index in [0.29, 0.717) is 5.39 Å². The summed E-state index contributed by atoms with van der Waals surface area (Å²) >= 11 is 5.82. The molecule has 0 aliphatic rings. The molecule has 0 spiro atoms. The van der Waals surface area contributed by atoms with Crippen molar-refractivity contribution in [2.24, 2.45) is 0 Å². The van der Waals surface area contributed by atoms with E-state index in [0.717, 1.165) is 0 Å². The molecule has 0 unspecified atom stereocenters. The number of hydrogen-bond acceptors (Lipinski definition) is 2. The van der Waals surface area contributed by atoms with Crippen LogP contribution in [0.5, 0.6) is 0 Å². The molecule has 6 heteroatoms. The molecular formula is C11H8ClF3N2. The van der Waals surface area contributed by atoms with Crippen LogP contribution in [-0.2, 0) is 6.18 Å². The van der Waals surface area contributed by atoms with Crippen LogP contribution in [-0.4, -0.2) is 4.98 Å². The Labute approximate surface area is 100 Å². The summed E-state index contributed by atoms with van der Waals surface area (Å²) in [6.07, 6.45) is -4.54. The lowest BCUT2D eigenvalue weighted by Gasteiger charge is -2.13. The van der Waals surface area contributed by atoms with E-state index in [-0.39, 0.29) is 21.8 Å². The Kier molecular flexibility index (Phi) is 2.66. The quantitative estimate of drug-likeness (QED) is 0.782. The Balaban J connectivity index is 2.91. The summed E-state index contributed by atoms with van der Waals surface area (Å²) in [5, 5.41) is 0.586. The number of fused-ring (bicyclic) bond motifs is 1. The minimum atomic E-state index is -4.54. The van der Waals surface area contributed by atoms with E-state index < -0.39 is 11.9 Å². The van der Waals surface area contributed by atoms with Crippen LogP contribution in [0.25, 0.3) is 10.9 Å². The molecule has 1 aromatic heterocycles. The van der Waals surface area contributed by atoms with Gasteiger partial charge in [0.15, 0.2) is 0 Å². The predicted octanol–water partition coefficient (Wildman–Crippen LogP) is 3.80. The molecule has 90 valence electrons. The van der Waals surface area contributed by atoms with Crippen molar-refractivity contribution in [1.29, 1.82) is 0 Å². The summed E-state index contributed by atoms with van der Waals surface area (Å²) in [7, 11) is 0. The van der Waals surface area contributed by atoms with Gasteiger partial charge in [-0.2, -0.15) is 13.2 Å². The third-order valence-electron chi connectivity index (χ3n) is 2.53. The Morgan fingerprint density at radius 3 is 2.53 bits per heavy atom. The Morgan fingerprint density at radius 2 is 1.94 bits per heavy atom. The number of nitrogens with zero attached hydrogens (tertiary/aromatic N) is 1. The SMILES string of the molecule is Cc1c(C(F)(F)F)nc2c(Cl)cccc2c1N. The maximum atomic E-state index is 12.7. The molecule has 0 radical (unpaired) electrons. The van der Waals surface area contributed by atoms with Gasteiger partial charge in [0.25, 0.3) is 0 Å². The van der Waals surface area contributed by atoms with E-state index in [1.807, 2.05) is 0 Å². The second kappa shape index (κ2) is 3.77. The largest absolute Gasteiger partial charge is 0.433 e. The zero-order valence-corrected chi connectivity index (χ0v) is 9.52. The van der Waals surface area contributed by atoms with Gasteiger partial charge in [0.2, 0.25) is 0 Å². The third kappa shape index (κ3) is 1.91. The average molecular weight is 261 g/mol. The number of pyridine rings is 1. The van der Waals surface area contributed by atoms with Crippen molar-refractivity contribution in [2.75, 3.05) is 5.73 Å². The topological polar surface area (TPSA) is 38.9 Å². The Morgan fingerprint density at radius 1 is 1.29 bits per heavy atom. The molecule has 0 atom stereocenters. The number of aromatic nitrogens is 1. The number of anilines is 1. The fourth-order valence-electron chi connectivity index (χ4n) is 1.65. The van der Waals surface area contributed by atoms with Gasteiger partial charge in [-0.3, -0.25) is 0 Å². The maximum absolute atomic E-state index is 12.7. The normalized spacial score (nSPS) is 12.1. The van der Waals surface area contributed by atoms with Gasteiger partial charge in [0, 0.05) is 16.6 Å². The first-order valence-electron chi connectivity index (χ1n) is 4.74. The molecule has 2 N–H and O–H groups in total. The Hall–Kier alpha value is -1.49. The fraction of sp³-hybridized carbons (Fsp3) is 0.182. The first-order valence-corrected chi connectivity index (χ1v) is 5.11. The average Bonchev–Trinajstić information content (AvgIpc) is 2.22. The van der Waals surface area contributed by atoms with Crippen molar-refractivity contribution in [2.45, 2.75) is 13.1 Å². The molecule has 2 rings (SSSR count). The summed E-state index contributed by atoms with van der Waals surface area (Å²) in [6.45, 7) is 1.30. The number of nitrogen functional groups attached to an aromatic ring is 1. The highest BCUT2D eigenvalue weighted by atomic mass is 35.5. The highest BCUT2D eigenvalue weighted by molar-refractivity contribution is 6.35. The van der Waals surface area contributed by atoms with Crippen molar-refractivity contribution in [3.8, 4) is 0 Å². The maximum Gasteiger partial charge on any atom is 0.433 e. The minimum absolute atomic E-state index is 0.0600. The standard InChI is InChI=1S/C11H8ClF3N2/c1-5-8(16)6-3-2-4-7(12)9(6)17-10(5)11(13,14)15/h2-4H,1H3,(H2,16,17). The van der Waals surface area contributed by atoms with Crippen LogP contribution in [0.1, 0.15) is 11.3 Å². The summed E-state index contributed by atoms with van der Waals surface area (Å²) in [4.78, 5) is 3.57. The molecule has 0 amide bonds. The smallest absolute Gasteiger partial charge is 0.398 e. The molecular weight excluding hydrogens is 253 g/mol. The van der Waals surface area contributed by atoms with Crippen LogP contribution < -0.4 is 5.73 Å². The van der Waals surface area contributed by atoms with Gasteiger partial charge in [0.1, 0.15) is 5.69 Å². The summed E-state index contributed by atoms with van der Waals surface area (Å²) in [5.41, 5.74) is 4.75. The van der Waals surface area contributed by atoms with Crippen molar-refractivity contribution >= 4 is 28.2 Å². The number of alkyl halides is 3. The second-order valence-electron chi connectivity index (χ2n) is 3.63. The van der Waals surface area contributed by atoms with Gasteiger partial charge in [0.05, 0.1) is 10.5 Å². The van der Waals surface area contributed by atoms with Gasteiger partial charge >= 0.3 is 6.18 Å². The van der Waals surface area contributed by atoms with Crippen LogP contribution in [0.2, 0.25) is 5.02 Å². The van der Waals surface area contributed by atoms with E-state index >= 15 is 0 Å². The molecule has 2 aromatic rings. The summed E-state index contributed by atoms with van der Waals surface area (Å²) < 4.78 is 38.2. The molecule has 2 nitrogen and oxygen atoms in total. The second-order valence-corrected chi connectivity index (χ2v) is 4.04.